The van der Waals surface area contributed by atoms with Gasteiger partial charge in [-0.3, -0.25) is 4.79 Å². The average Bonchev–Trinajstić information content (AvgIpc) is 2.66. The van der Waals surface area contributed by atoms with Crippen molar-refractivity contribution in [3.63, 3.8) is 0 Å². The van der Waals surface area contributed by atoms with Crippen LogP contribution in [-0.4, -0.2) is 25.0 Å². The average molecular weight is 416 g/mol. The Morgan fingerprint density at radius 1 is 1.14 bits per heavy atom. The molecule has 0 radical (unpaired) electrons. The molecular formula is C19H17ClF3NO4. The lowest BCUT2D eigenvalue weighted by molar-refractivity contribution is -0.152. The molecule has 0 bridgehead atoms. The van der Waals surface area contributed by atoms with Gasteiger partial charge in [0.15, 0.2) is 23.2 Å². The molecule has 0 fully saturated rings. The molecule has 1 atom stereocenters. The Bertz CT molecular complexity index is 874. The number of ether oxygens (including phenoxy) is 2. The van der Waals surface area contributed by atoms with Crippen molar-refractivity contribution < 1.29 is 32.2 Å². The van der Waals surface area contributed by atoms with Gasteiger partial charge in [0.05, 0.1) is 6.54 Å². The van der Waals surface area contributed by atoms with Gasteiger partial charge in [-0.25, -0.2) is 18.0 Å². The lowest BCUT2D eigenvalue weighted by atomic mass is 10.1. The van der Waals surface area contributed by atoms with Crippen molar-refractivity contribution >= 4 is 23.5 Å². The second kappa shape index (κ2) is 9.45. The number of rotatable bonds is 7. The Morgan fingerprint density at radius 2 is 1.79 bits per heavy atom. The molecule has 1 amide bonds. The first kappa shape index (κ1) is 21.6. The lowest BCUT2D eigenvalue weighted by Gasteiger charge is -2.19. The molecule has 150 valence electrons. The monoisotopic (exact) mass is 415 g/mol. The minimum atomic E-state index is -1.46. The van der Waals surface area contributed by atoms with Gasteiger partial charge in [-0.1, -0.05) is 23.7 Å². The summed E-state index contributed by atoms with van der Waals surface area (Å²) in [5.74, 6) is -5.65. The van der Waals surface area contributed by atoms with E-state index < -0.39 is 40.8 Å². The molecule has 0 aliphatic carbocycles. The van der Waals surface area contributed by atoms with Crippen molar-refractivity contribution in [2.45, 2.75) is 20.0 Å². The maximum Gasteiger partial charge on any atom is 0.352 e. The van der Waals surface area contributed by atoms with Crippen LogP contribution in [0.3, 0.4) is 0 Å². The molecule has 1 unspecified atom stereocenters. The number of halogens is 4. The van der Waals surface area contributed by atoms with Crippen LogP contribution in [0.5, 0.6) is 5.75 Å². The summed E-state index contributed by atoms with van der Waals surface area (Å²) in [6, 6.07) is 6.37. The number of amides is 1. The number of hydrogen-bond donors (Lipinski definition) is 1. The highest BCUT2D eigenvalue weighted by Crippen LogP contribution is 2.30. The largest absolute Gasteiger partial charge is 0.471 e. The van der Waals surface area contributed by atoms with Crippen molar-refractivity contribution in [3.05, 3.63) is 63.9 Å². The molecule has 0 heterocycles. The number of benzene rings is 2. The zero-order valence-corrected chi connectivity index (χ0v) is 15.8. The molecule has 1 N–H and O–H groups in total. The van der Waals surface area contributed by atoms with E-state index in [-0.39, 0.29) is 24.6 Å². The van der Waals surface area contributed by atoms with Crippen molar-refractivity contribution in [2.75, 3.05) is 13.2 Å². The van der Waals surface area contributed by atoms with Gasteiger partial charge in [-0.15, -0.1) is 0 Å². The van der Waals surface area contributed by atoms with E-state index in [9.17, 15) is 22.8 Å². The van der Waals surface area contributed by atoms with Crippen molar-refractivity contribution in [1.29, 1.82) is 0 Å². The quantitative estimate of drug-likeness (QED) is 0.423. The van der Waals surface area contributed by atoms with E-state index in [0.717, 1.165) is 6.92 Å². The Balaban J connectivity index is 2.28. The van der Waals surface area contributed by atoms with Crippen molar-refractivity contribution in [1.82, 2.24) is 5.32 Å². The van der Waals surface area contributed by atoms with Crippen LogP contribution < -0.4 is 10.1 Å². The highest BCUT2D eigenvalue weighted by atomic mass is 35.5. The normalized spacial score (nSPS) is 11.6. The molecule has 0 aliphatic heterocycles. The van der Waals surface area contributed by atoms with E-state index in [1.807, 2.05) is 0 Å². The highest BCUT2D eigenvalue weighted by molar-refractivity contribution is 6.30. The SMILES string of the molecule is CC(=O)NCCOC(=O)C(Oc1cc(F)c(F)c(C)c1F)c1ccc(Cl)cc1. The van der Waals surface area contributed by atoms with Crippen LogP contribution in [0.25, 0.3) is 0 Å². The number of esters is 1. The zero-order valence-electron chi connectivity index (χ0n) is 15.0. The lowest BCUT2D eigenvalue weighted by Crippen LogP contribution is -2.28. The Morgan fingerprint density at radius 3 is 2.39 bits per heavy atom. The van der Waals surface area contributed by atoms with Crippen LogP contribution in [0.4, 0.5) is 13.2 Å². The molecule has 5 nitrogen and oxygen atoms in total. The summed E-state index contributed by atoms with van der Waals surface area (Å²) in [4.78, 5) is 23.3. The molecule has 0 spiro atoms. The molecule has 0 saturated heterocycles. The maximum atomic E-state index is 14.3. The van der Waals surface area contributed by atoms with Gasteiger partial charge in [-0.2, -0.15) is 0 Å². The van der Waals surface area contributed by atoms with Gasteiger partial charge < -0.3 is 14.8 Å². The van der Waals surface area contributed by atoms with Crippen molar-refractivity contribution in [2.24, 2.45) is 0 Å². The fraction of sp³-hybridized carbons (Fsp3) is 0.263. The molecule has 2 aromatic carbocycles. The first-order chi connectivity index (χ1) is 13.2. The van der Waals surface area contributed by atoms with Crippen molar-refractivity contribution in [3.8, 4) is 5.75 Å². The minimum absolute atomic E-state index is 0.0626. The predicted octanol–water partition coefficient (Wildman–Crippen LogP) is 3.87. The third kappa shape index (κ3) is 5.39. The maximum absolute atomic E-state index is 14.3. The molecular weight excluding hydrogens is 399 g/mol. The van der Waals surface area contributed by atoms with Crippen LogP contribution in [0.15, 0.2) is 30.3 Å². The number of carbonyl (C=O) groups is 2. The van der Waals surface area contributed by atoms with Gasteiger partial charge in [0.1, 0.15) is 6.61 Å². The Labute approximate surface area is 164 Å². The smallest absolute Gasteiger partial charge is 0.352 e. The Hall–Kier alpha value is -2.74. The van der Waals surface area contributed by atoms with Gasteiger partial charge in [0.2, 0.25) is 12.0 Å². The standard InChI is InChI=1S/C19H17ClF3NO4/c1-10-16(22)14(21)9-15(17(10)23)28-18(12-3-5-13(20)6-4-12)19(26)27-8-7-24-11(2)25/h3-6,9,18H,7-8H2,1-2H3,(H,24,25). The molecule has 0 aliphatic rings. The van der Waals surface area contributed by atoms with Crippen LogP contribution in [0, 0.1) is 24.4 Å². The van der Waals surface area contributed by atoms with Gasteiger partial charge >= 0.3 is 5.97 Å². The molecule has 28 heavy (non-hydrogen) atoms. The predicted molar refractivity (Wildman–Crippen MR) is 95.5 cm³/mol. The van der Waals surface area contributed by atoms with Crippen LogP contribution >= 0.6 is 11.6 Å². The topological polar surface area (TPSA) is 64.6 Å². The molecule has 9 heteroatoms. The molecule has 2 aromatic rings. The van der Waals surface area contributed by atoms with Crippen LogP contribution in [0.1, 0.15) is 24.2 Å². The van der Waals surface area contributed by atoms with Crippen LogP contribution in [0.2, 0.25) is 5.02 Å². The summed E-state index contributed by atoms with van der Waals surface area (Å²) in [7, 11) is 0. The van der Waals surface area contributed by atoms with E-state index >= 15 is 0 Å². The summed E-state index contributed by atoms with van der Waals surface area (Å²) in [6.45, 7) is 2.25. The van der Waals surface area contributed by atoms with E-state index in [2.05, 4.69) is 5.32 Å². The van der Waals surface area contributed by atoms with Crippen LogP contribution in [-0.2, 0) is 14.3 Å². The Kier molecular flexibility index (Phi) is 7.28. The summed E-state index contributed by atoms with van der Waals surface area (Å²) < 4.78 is 51.8. The molecule has 0 saturated carbocycles. The minimum Gasteiger partial charge on any atom is -0.471 e. The number of carbonyl (C=O) groups excluding carboxylic acids is 2. The van der Waals surface area contributed by atoms with E-state index in [0.29, 0.717) is 11.1 Å². The second-order valence-electron chi connectivity index (χ2n) is 5.81. The van der Waals surface area contributed by atoms with E-state index in [1.165, 1.54) is 31.2 Å². The number of hydrogen-bond acceptors (Lipinski definition) is 4. The summed E-state index contributed by atoms with van der Waals surface area (Å²) in [6.07, 6.45) is -1.46. The summed E-state index contributed by atoms with van der Waals surface area (Å²) in [5, 5.41) is 2.83. The van der Waals surface area contributed by atoms with E-state index in [4.69, 9.17) is 21.1 Å². The van der Waals surface area contributed by atoms with Gasteiger partial charge in [-0.05, 0) is 19.1 Å². The first-order valence-corrected chi connectivity index (χ1v) is 8.55. The fourth-order valence-electron chi connectivity index (χ4n) is 2.26. The zero-order chi connectivity index (χ0) is 20.8. The van der Waals surface area contributed by atoms with Gasteiger partial charge in [0.25, 0.3) is 0 Å². The highest BCUT2D eigenvalue weighted by Gasteiger charge is 2.27. The molecule has 2 rings (SSSR count). The third-order valence-corrected chi connectivity index (χ3v) is 3.95. The fourth-order valence-corrected chi connectivity index (χ4v) is 2.38. The third-order valence-electron chi connectivity index (χ3n) is 3.69. The van der Waals surface area contributed by atoms with Gasteiger partial charge in [0, 0.05) is 29.1 Å². The summed E-state index contributed by atoms with van der Waals surface area (Å²) in [5.41, 5.74) is -0.320. The first-order valence-electron chi connectivity index (χ1n) is 8.18. The number of nitrogens with one attached hydrogen (secondary N) is 1. The van der Waals surface area contributed by atoms with E-state index in [1.54, 1.807) is 0 Å². The summed E-state index contributed by atoms with van der Waals surface area (Å²) >= 11 is 5.82. The second-order valence-corrected chi connectivity index (χ2v) is 6.25. The molecule has 0 aromatic heterocycles.